The lowest BCUT2D eigenvalue weighted by molar-refractivity contribution is -0.130. The second-order valence-corrected chi connectivity index (χ2v) is 12.7. The van der Waals surface area contributed by atoms with Gasteiger partial charge >= 0.3 is 5.69 Å². The highest BCUT2D eigenvalue weighted by molar-refractivity contribution is 6.17. The molecular weight excluding hydrogens is 602 g/mol. The first kappa shape index (κ1) is 33.1. The Labute approximate surface area is 273 Å². The molecular formula is C35H42ClN7O3. The molecule has 1 atom stereocenters. The summed E-state index contributed by atoms with van der Waals surface area (Å²) in [5, 5.41) is 0. The number of imide groups is 1. The first-order valence-corrected chi connectivity index (χ1v) is 15.8. The van der Waals surface area contributed by atoms with Gasteiger partial charge < -0.3 is 26.4 Å². The van der Waals surface area contributed by atoms with Crippen LogP contribution in [0.2, 0.25) is 0 Å². The number of carbonyl (C=O) groups excluding carboxylic acids is 2. The highest BCUT2D eigenvalue weighted by Gasteiger charge is 2.35. The van der Waals surface area contributed by atoms with E-state index in [2.05, 4.69) is 47.9 Å². The predicted molar refractivity (Wildman–Crippen MR) is 185 cm³/mol. The molecule has 1 aliphatic rings. The first-order chi connectivity index (χ1) is 21.6. The van der Waals surface area contributed by atoms with Crippen LogP contribution in [0.3, 0.4) is 0 Å². The van der Waals surface area contributed by atoms with Gasteiger partial charge in [0.25, 0.3) is 5.91 Å². The van der Waals surface area contributed by atoms with Crippen molar-refractivity contribution in [2.24, 2.45) is 23.3 Å². The summed E-state index contributed by atoms with van der Waals surface area (Å²) in [6.45, 7) is 6.91. The fraction of sp³-hybridized carbons (Fsp3) is 0.371. The Kier molecular flexibility index (Phi) is 9.81. The topological polar surface area (TPSA) is 167 Å². The number of H-pyrrole nitrogens is 3. The van der Waals surface area contributed by atoms with Crippen LogP contribution in [-0.2, 0) is 16.0 Å². The summed E-state index contributed by atoms with van der Waals surface area (Å²) in [5.41, 5.74) is 19.7. The van der Waals surface area contributed by atoms with Crippen molar-refractivity contribution in [1.82, 2.24) is 19.9 Å². The van der Waals surface area contributed by atoms with Crippen molar-refractivity contribution < 1.29 is 9.59 Å². The zero-order valence-electron chi connectivity index (χ0n) is 26.4. The van der Waals surface area contributed by atoms with E-state index in [0.717, 1.165) is 52.0 Å². The maximum absolute atomic E-state index is 14.0. The fourth-order valence-electron chi connectivity index (χ4n) is 6.45. The van der Waals surface area contributed by atoms with Gasteiger partial charge in [0.1, 0.15) is 5.82 Å². The van der Waals surface area contributed by atoms with E-state index in [4.69, 9.17) is 16.5 Å². The Bertz CT molecular complexity index is 1920. The number of aromatic nitrogens is 4. The molecule has 2 heterocycles. The number of aryl methyl sites for hydroxylation is 1. The summed E-state index contributed by atoms with van der Waals surface area (Å²) in [6, 6.07) is 16.3. The highest BCUT2D eigenvalue weighted by atomic mass is 35.5. The number of rotatable bonds is 8. The largest absolute Gasteiger partial charge is 0.342 e. The molecule has 2 amide bonds. The van der Waals surface area contributed by atoms with E-state index < -0.39 is 11.9 Å². The first-order valence-electron chi connectivity index (χ1n) is 15.8. The minimum Gasteiger partial charge on any atom is -0.342 e. The van der Waals surface area contributed by atoms with E-state index in [1.165, 1.54) is 4.90 Å². The number of halogens is 1. The minimum atomic E-state index is -0.947. The molecule has 0 bridgehead atoms. The average molecular weight is 644 g/mol. The Balaban J connectivity index is 0.00000417. The Morgan fingerprint density at radius 2 is 1.63 bits per heavy atom. The van der Waals surface area contributed by atoms with Crippen LogP contribution in [-0.4, -0.2) is 44.3 Å². The molecule has 0 radical (unpaired) electrons. The second kappa shape index (κ2) is 13.6. The monoisotopic (exact) mass is 643 g/mol. The van der Waals surface area contributed by atoms with Crippen LogP contribution < -0.4 is 22.1 Å². The number of hydrogen-bond acceptors (Lipinski definition) is 6. The van der Waals surface area contributed by atoms with Crippen LogP contribution in [0.4, 0.5) is 5.69 Å². The standard InChI is InChI=1S/C35H41N7O3.ClH/c1-19(2)32-38-29-14-20(3)26(17-31(29)39-32)23-8-4-21(5-9-23)15-27(37)34(44)42(33(43)24-10-6-22(18-36)7-11-24)25-12-13-28-30(16-25)41-35(45)40-28;/h4-5,8-9,12-14,16-17,19,22,24,27H,6-7,10-11,15,18,36-37H2,1-3H3,(H,38,39)(H2,40,41,45);1H/t22-,24-,27-;/m1./s1. The van der Waals surface area contributed by atoms with Crippen molar-refractivity contribution >= 4 is 52.0 Å². The molecule has 46 heavy (non-hydrogen) atoms. The van der Waals surface area contributed by atoms with Gasteiger partial charge in [-0.05, 0) is 104 Å². The van der Waals surface area contributed by atoms with E-state index in [9.17, 15) is 14.4 Å². The number of hydrogen-bond donors (Lipinski definition) is 5. The van der Waals surface area contributed by atoms with Crippen molar-refractivity contribution in [3.05, 3.63) is 82.0 Å². The van der Waals surface area contributed by atoms with Crippen LogP contribution in [0.15, 0.2) is 59.4 Å². The lowest BCUT2D eigenvalue weighted by atomic mass is 9.81. The molecule has 242 valence electrons. The summed E-state index contributed by atoms with van der Waals surface area (Å²) in [6.07, 6.45) is 3.31. The average Bonchev–Trinajstić information content (AvgIpc) is 3.63. The fourth-order valence-corrected chi connectivity index (χ4v) is 6.45. The number of anilines is 1. The number of fused-ring (bicyclic) bond motifs is 2. The molecule has 7 N–H and O–H groups in total. The Morgan fingerprint density at radius 3 is 2.30 bits per heavy atom. The molecule has 5 aromatic rings. The number of benzene rings is 3. The molecule has 0 saturated heterocycles. The summed E-state index contributed by atoms with van der Waals surface area (Å²) < 4.78 is 0. The van der Waals surface area contributed by atoms with Crippen LogP contribution >= 0.6 is 12.4 Å². The number of aromatic amines is 3. The second-order valence-electron chi connectivity index (χ2n) is 12.7. The third-order valence-electron chi connectivity index (χ3n) is 9.16. The van der Waals surface area contributed by atoms with Gasteiger partial charge in [0, 0.05) is 11.8 Å². The van der Waals surface area contributed by atoms with Crippen molar-refractivity contribution in [3.8, 4) is 11.1 Å². The highest BCUT2D eigenvalue weighted by Crippen LogP contribution is 2.32. The molecule has 1 fully saturated rings. The molecule has 0 aliphatic heterocycles. The van der Waals surface area contributed by atoms with E-state index in [1.54, 1.807) is 18.2 Å². The molecule has 2 aromatic heterocycles. The van der Waals surface area contributed by atoms with Crippen LogP contribution in [0, 0.1) is 18.8 Å². The summed E-state index contributed by atoms with van der Waals surface area (Å²) in [7, 11) is 0. The van der Waals surface area contributed by atoms with E-state index in [1.807, 2.05) is 24.3 Å². The number of amides is 2. The minimum absolute atomic E-state index is 0. The maximum atomic E-state index is 14.0. The number of imidazole rings is 2. The van der Waals surface area contributed by atoms with Gasteiger partial charge in [0.2, 0.25) is 5.91 Å². The zero-order chi connectivity index (χ0) is 31.8. The summed E-state index contributed by atoms with van der Waals surface area (Å²) in [4.78, 5) is 54.6. The summed E-state index contributed by atoms with van der Waals surface area (Å²) in [5.74, 6) is 0.646. The molecule has 3 aromatic carbocycles. The predicted octanol–water partition coefficient (Wildman–Crippen LogP) is 5.45. The van der Waals surface area contributed by atoms with Gasteiger partial charge in [-0.2, -0.15) is 0 Å². The normalized spacial score (nSPS) is 17.3. The molecule has 10 nitrogen and oxygen atoms in total. The van der Waals surface area contributed by atoms with Crippen molar-refractivity contribution in [1.29, 1.82) is 0 Å². The van der Waals surface area contributed by atoms with E-state index >= 15 is 0 Å². The molecule has 1 saturated carbocycles. The lowest BCUT2D eigenvalue weighted by Gasteiger charge is -2.32. The molecule has 6 rings (SSSR count). The van der Waals surface area contributed by atoms with Crippen LogP contribution in [0.25, 0.3) is 33.2 Å². The van der Waals surface area contributed by atoms with Crippen molar-refractivity contribution in [3.63, 3.8) is 0 Å². The Morgan fingerprint density at radius 1 is 0.935 bits per heavy atom. The van der Waals surface area contributed by atoms with Crippen molar-refractivity contribution in [2.75, 3.05) is 11.4 Å². The molecule has 1 aliphatic carbocycles. The SMILES string of the molecule is Cc1cc2[nH]c(C(C)C)nc2cc1-c1ccc(C[C@@H](N)C(=O)N(c2ccc3[nH]c(=O)[nH]c3c2)C(=O)[C@H]2CC[C@H](CN)CC2)cc1.Cl. The zero-order valence-corrected chi connectivity index (χ0v) is 27.2. The number of nitrogens with zero attached hydrogens (tertiary/aromatic N) is 2. The lowest BCUT2D eigenvalue weighted by Crippen LogP contribution is -2.50. The van der Waals surface area contributed by atoms with Gasteiger partial charge in [-0.1, -0.05) is 38.1 Å². The Hall–Kier alpha value is -4.25. The third kappa shape index (κ3) is 6.65. The van der Waals surface area contributed by atoms with E-state index in [0.29, 0.717) is 47.9 Å². The molecule has 0 unspecified atom stereocenters. The van der Waals surface area contributed by atoms with Gasteiger partial charge in [-0.15, -0.1) is 12.4 Å². The van der Waals surface area contributed by atoms with Gasteiger partial charge in [-0.3, -0.25) is 9.59 Å². The number of nitrogens with one attached hydrogen (secondary N) is 3. The van der Waals surface area contributed by atoms with Crippen LogP contribution in [0.5, 0.6) is 0 Å². The molecule has 11 heteroatoms. The van der Waals surface area contributed by atoms with Crippen molar-refractivity contribution in [2.45, 2.75) is 64.8 Å². The van der Waals surface area contributed by atoms with Gasteiger partial charge in [-0.25, -0.2) is 14.7 Å². The van der Waals surface area contributed by atoms with E-state index in [-0.39, 0.29) is 36.3 Å². The maximum Gasteiger partial charge on any atom is 0.323 e. The summed E-state index contributed by atoms with van der Waals surface area (Å²) >= 11 is 0. The van der Waals surface area contributed by atoms with Gasteiger partial charge in [0.05, 0.1) is 33.8 Å². The molecule has 0 spiro atoms. The quantitative estimate of drug-likeness (QED) is 0.151. The number of nitrogens with two attached hydrogens (primary N) is 2. The number of carbonyl (C=O) groups is 2. The smallest absolute Gasteiger partial charge is 0.323 e. The third-order valence-corrected chi connectivity index (χ3v) is 9.16. The van der Waals surface area contributed by atoms with Crippen LogP contribution in [0.1, 0.15) is 62.4 Å². The van der Waals surface area contributed by atoms with Gasteiger partial charge in [0.15, 0.2) is 0 Å².